The molecular weight excluding hydrogens is 292 g/mol. The number of β-amino-alcohol motifs (C(OH)–C–C–N with tert-alkyl or cyclic N) is 1. The third kappa shape index (κ3) is 2.40. The van der Waals surface area contributed by atoms with Gasteiger partial charge in [0.25, 0.3) is 0 Å². The third-order valence-corrected chi connectivity index (χ3v) is 4.88. The highest BCUT2D eigenvalue weighted by atomic mass is 16.3. The van der Waals surface area contributed by atoms with Crippen molar-refractivity contribution in [3.05, 3.63) is 16.8 Å². The van der Waals surface area contributed by atoms with Gasteiger partial charge >= 0.3 is 0 Å². The van der Waals surface area contributed by atoms with Gasteiger partial charge in [0.2, 0.25) is 5.95 Å². The SMILES string of the molecule is CNc1nc(NC2CNCC2O)nc2nc3c(c(C)c12)CCC3. The Balaban J connectivity index is 1.80. The molecule has 7 nitrogen and oxygen atoms in total. The lowest BCUT2D eigenvalue weighted by atomic mass is 10.1. The van der Waals surface area contributed by atoms with E-state index >= 15 is 0 Å². The molecule has 23 heavy (non-hydrogen) atoms. The number of aryl methyl sites for hydroxylation is 2. The molecule has 3 heterocycles. The highest BCUT2D eigenvalue weighted by molar-refractivity contribution is 5.91. The minimum atomic E-state index is -0.429. The van der Waals surface area contributed by atoms with E-state index in [4.69, 9.17) is 4.98 Å². The van der Waals surface area contributed by atoms with Crippen LogP contribution in [0.3, 0.4) is 0 Å². The van der Waals surface area contributed by atoms with Crippen LogP contribution in [0.15, 0.2) is 0 Å². The number of nitrogens with zero attached hydrogens (tertiary/aromatic N) is 3. The number of aliphatic hydroxyl groups is 1. The Morgan fingerprint density at radius 3 is 2.78 bits per heavy atom. The second-order valence-electron chi connectivity index (χ2n) is 6.34. The predicted molar refractivity (Wildman–Crippen MR) is 89.9 cm³/mol. The van der Waals surface area contributed by atoms with Crippen molar-refractivity contribution in [3.63, 3.8) is 0 Å². The first-order valence-corrected chi connectivity index (χ1v) is 8.20. The summed E-state index contributed by atoms with van der Waals surface area (Å²) >= 11 is 0. The molecule has 1 saturated heterocycles. The monoisotopic (exact) mass is 314 g/mol. The number of fused-ring (bicyclic) bond motifs is 2. The average Bonchev–Trinajstić information content (AvgIpc) is 3.16. The van der Waals surface area contributed by atoms with Crippen LogP contribution in [-0.4, -0.2) is 52.3 Å². The van der Waals surface area contributed by atoms with Crippen LogP contribution in [0, 0.1) is 6.92 Å². The van der Waals surface area contributed by atoms with Gasteiger partial charge in [0.05, 0.1) is 17.5 Å². The van der Waals surface area contributed by atoms with Gasteiger partial charge in [0.15, 0.2) is 5.65 Å². The molecule has 4 N–H and O–H groups in total. The van der Waals surface area contributed by atoms with Gasteiger partial charge in [0, 0.05) is 25.8 Å². The van der Waals surface area contributed by atoms with Crippen LogP contribution in [0.25, 0.3) is 11.0 Å². The van der Waals surface area contributed by atoms with Gasteiger partial charge in [-0.2, -0.15) is 9.97 Å². The fraction of sp³-hybridized carbons (Fsp3) is 0.562. The van der Waals surface area contributed by atoms with Crippen molar-refractivity contribution in [2.45, 2.75) is 38.3 Å². The fourth-order valence-corrected chi connectivity index (χ4v) is 3.63. The molecule has 0 radical (unpaired) electrons. The number of hydrogen-bond acceptors (Lipinski definition) is 7. The van der Waals surface area contributed by atoms with Gasteiger partial charge in [-0.05, 0) is 37.3 Å². The lowest BCUT2D eigenvalue weighted by Gasteiger charge is -2.17. The second-order valence-corrected chi connectivity index (χ2v) is 6.34. The lowest BCUT2D eigenvalue weighted by Crippen LogP contribution is -2.32. The molecule has 2 aromatic heterocycles. The summed E-state index contributed by atoms with van der Waals surface area (Å²) in [5.74, 6) is 1.30. The van der Waals surface area contributed by atoms with Gasteiger partial charge in [-0.1, -0.05) is 0 Å². The van der Waals surface area contributed by atoms with Crippen LogP contribution >= 0.6 is 0 Å². The zero-order valence-electron chi connectivity index (χ0n) is 13.5. The van der Waals surface area contributed by atoms with Gasteiger partial charge in [-0.25, -0.2) is 4.98 Å². The summed E-state index contributed by atoms with van der Waals surface area (Å²) in [4.78, 5) is 14.0. The normalized spacial score (nSPS) is 23.3. The van der Waals surface area contributed by atoms with E-state index in [1.54, 1.807) is 0 Å². The Morgan fingerprint density at radius 1 is 1.17 bits per heavy atom. The van der Waals surface area contributed by atoms with E-state index in [-0.39, 0.29) is 6.04 Å². The van der Waals surface area contributed by atoms with Crippen LogP contribution in [0.5, 0.6) is 0 Å². The van der Waals surface area contributed by atoms with Gasteiger partial charge in [-0.15, -0.1) is 0 Å². The van der Waals surface area contributed by atoms with Crippen molar-refractivity contribution in [1.82, 2.24) is 20.3 Å². The van der Waals surface area contributed by atoms with Crippen molar-refractivity contribution in [1.29, 1.82) is 0 Å². The zero-order valence-corrected chi connectivity index (χ0v) is 13.5. The van der Waals surface area contributed by atoms with Crippen LogP contribution in [0.4, 0.5) is 11.8 Å². The molecule has 7 heteroatoms. The first-order valence-electron chi connectivity index (χ1n) is 8.20. The molecule has 0 amide bonds. The summed E-state index contributed by atoms with van der Waals surface area (Å²) in [6.45, 7) is 3.43. The fourth-order valence-electron chi connectivity index (χ4n) is 3.63. The molecule has 0 spiro atoms. The molecule has 0 aromatic carbocycles. The summed E-state index contributed by atoms with van der Waals surface area (Å²) in [6.07, 6.45) is 2.85. The van der Waals surface area contributed by atoms with Crippen LogP contribution < -0.4 is 16.0 Å². The summed E-state index contributed by atoms with van der Waals surface area (Å²) in [5.41, 5.74) is 4.49. The Hall–Kier alpha value is -1.99. The number of aromatic nitrogens is 3. The molecule has 0 saturated carbocycles. The quantitative estimate of drug-likeness (QED) is 0.659. The van der Waals surface area contributed by atoms with E-state index in [0.717, 1.165) is 36.1 Å². The van der Waals surface area contributed by atoms with E-state index in [0.29, 0.717) is 19.0 Å². The number of nitrogens with one attached hydrogen (secondary N) is 3. The minimum absolute atomic E-state index is 0.0762. The van der Waals surface area contributed by atoms with E-state index < -0.39 is 6.10 Å². The number of pyridine rings is 1. The highest BCUT2D eigenvalue weighted by Crippen LogP contribution is 2.32. The van der Waals surface area contributed by atoms with Crippen molar-refractivity contribution in [2.75, 3.05) is 30.8 Å². The number of rotatable bonds is 3. The van der Waals surface area contributed by atoms with Crippen molar-refractivity contribution in [2.24, 2.45) is 0 Å². The molecule has 1 fully saturated rings. The summed E-state index contributed by atoms with van der Waals surface area (Å²) in [7, 11) is 1.87. The molecule has 2 aromatic rings. The summed E-state index contributed by atoms with van der Waals surface area (Å²) in [6, 6.07) is -0.0762. The van der Waals surface area contributed by atoms with Crippen LogP contribution in [0.1, 0.15) is 23.2 Å². The van der Waals surface area contributed by atoms with Gasteiger partial charge in [-0.3, -0.25) is 0 Å². The molecule has 2 unspecified atom stereocenters. The third-order valence-electron chi connectivity index (χ3n) is 4.88. The maximum absolute atomic E-state index is 9.95. The first kappa shape index (κ1) is 14.6. The first-order chi connectivity index (χ1) is 11.2. The predicted octanol–water partition coefficient (Wildman–Crippen LogP) is 0.608. The summed E-state index contributed by atoms with van der Waals surface area (Å²) < 4.78 is 0. The Kier molecular flexibility index (Phi) is 3.54. The van der Waals surface area contributed by atoms with Crippen molar-refractivity contribution >= 4 is 22.8 Å². The molecule has 2 aliphatic rings. The number of aliphatic hydroxyl groups excluding tert-OH is 1. The molecular formula is C16H22N6O. The van der Waals surface area contributed by atoms with E-state index in [1.165, 1.54) is 16.8 Å². The minimum Gasteiger partial charge on any atom is -0.390 e. The maximum atomic E-state index is 9.95. The zero-order chi connectivity index (χ0) is 16.0. The van der Waals surface area contributed by atoms with E-state index in [9.17, 15) is 5.11 Å². The Morgan fingerprint density at radius 2 is 2.04 bits per heavy atom. The molecule has 1 aliphatic carbocycles. The Bertz CT molecular complexity index is 762. The number of hydrogen-bond donors (Lipinski definition) is 4. The van der Waals surface area contributed by atoms with E-state index in [1.807, 2.05) is 7.05 Å². The largest absolute Gasteiger partial charge is 0.390 e. The van der Waals surface area contributed by atoms with Crippen LogP contribution in [0.2, 0.25) is 0 Å². The van der Waals surface area contributed by atoms with Crippen molar-refractivity contribution in [3.8, 4) is 0 Å². The standard InChI is InChI=1S/C16H22N6O/c1-8-9-4-3-5-10(9)19-15-13(8)14(17-2)21-16(22-15)20-11-6-18-7-12(11)23/h11-12,18,23H,3-7H2,1-2H3,(H2,17,19,20,21,22). The van der Waals surface area contributed by atoms with Crippen molar-refractivity contribution < 1.29 is 5.11 Å². The molecule has 4 rings (SSSR count). The molecule has 1 aliphatic heterocycles. The molecule has 122 valence electrons. The van der Waals surface area contributed by atoms with Crippen LogP contribution in [-0.2, 0) is 12.8 Å². The summed E-state index contributed by atoms with van der Waals surface area (Å²) in [5, 5.41) is 20.5. The molecule has 0 bridgehead atoms. The lowest BCUT2D eigenvalue weighted by molar-refractivity contribution is 0.185. The second kappa shape index (κ2) is 5.58. The van der Waals surface area contributed by atoms with E-state index in [2.05, 4.69) is 32.8 Å². The van der Waals surface area contributed by atoms with Gasteiger partial charge in [0.1, 0.15) is 5.82 Å². The van der Waals surface area contributed by atoms with Gasteiger partial charge < -0.3 is 21.1 Å². The highest BCUT2D eigenvalue weighted by Gasteiger charge is 2.26. The Labute approximate surface area is 134 Å². The maximum Gasteiger partial charge on any atom is 0.227 e. The molecule has 2 atom stereocenters. The smallest absolute Gasteiger partial charge is 0.227 e. The topological polar surface area (TPSA) is 95.0 Å². The number of anilines is 2. The average molecular weight is 314 g/mol.